The Morgan fingerprint density at radius 3 is 2.63 bits per heavy atom. The van der Waals surface area contributed by atoms with Gasteiger partial charge >= 0.3 is 6.03 Å². The van der Waals surface area contributed by atoms with Crippen LogP contribution in [0.2, 0.25) is 0 Å². The molecule has 0 unspecified atom stereocenters. The van der Waals surface area contributed by atoms with E-state index in [1.165, 1.54) is 6.07 Å². The van der Waals surface area contributed by atoms with Crippen LogP contribution in [0, 0.1) is 11.7 Å². The van der Waals surface area contributed by atoms with Crippen molar-refractivity contribution in [1.82, 2.24) is 10.6 Å². The average Bonchev–Trinajstić information content (AvgIpc) is 2.38. The van der Waals surface area contributed by atoms with Crippen molar-refractivity contribution in [1.29, 1.82) is 0 Å². The largest absolute Gasteiger partial charge is 0.338 e. The highest BCUT2D eigenvalue weighted by molar-refractivity contribution is 5.73. The summed E-state index contributed by atoms with van der Waals surface area (Å²) in [5.74, 6) is 0.303. The first kappa shape index (κ1) is 15.5. The molecule has 2 N–H and O–H groups in total. The number of carbonyl (C=O) groups is 1. The van der Waals surface area contributed by atoms with Gasteiger partial charge in [-0.15, -0.1) is 0 Å². The molecular weight excluding hydrogens is 243 g/mol. The predicted octanol–water partition coefficient (Wildman–Crippen LogP) is 3.10. The number of carbonyl (C=O) groups excluding carboxylic acids is 1. The fourth-order valence-corrected chi connectivity index (χ4v) is 1.70. The van der Waals surface area contributed by atoms with Gasteiger partial charge in [0.05, 0.1) is 0 Å². The summed E-state index contributed by atoms with van der Waals surface area (Å²) in [4.78, 5) is 11.4. The number of halogens is 1. The summed E-state index contributed by atoms with van der Waals surface area (Å²) < 4.78 is 13.3. The third-order valence-electron chi connectivity index (χ3n) is 2.79. The molecule has 2 amide bonds. The standard InChI is InChI=1S/C15H23FN2O/c1-12(2)11-18-15(19)17-10-6-5-8-13-7-3-4-9-14(13)16/h3-4,7,9,12H,5-6,8,10-11H2,1-2H3,(H2,17,18,19). The van der Waals surface area contributed by atoms with Crippen molar-refractivity contribution >= 4 is 6.03 Å². The number of rotatable bonds is 7. The lowest BCUT2D eigenvalue weighted by atomic mass is 10.1. The van der Waals surface area contributed by atoms with Crippen LogP contribution in [-0.2, 0) is 6.42 Å². The molecule has 0 spiro atoms. The Labute approximate surface area is 114 Å². The van der Waals surface area contributed by atoms with Gasteiger partial charge in [0.2, 0.25) is 0 Å². The fraction of sp³-hybridized carbons (Fsp3) is 0.533. The topological polar surface area (TPSA) is 41.1 Å². The number of amides is 2. The van der Waals surface area contributed by atoms with Crippen LogP contribution in [0.5, 0.6) is 0 Å². The third-order valence-corrected chi connectivity index (χ3v) is 2.79. The van der Waals surface area contributed by atoms with Crippen LogP contribution in [-0.4, -0.2) is 19.1 Å². The van der Waals surface area contributed by atoms with E-state index in [-0.39, 0.29) is 11.8 Å². The molecule has 0 saturated carbocycles. The third kappa shape index (κ3) is 6.79. The molecule has 0 bridgehead atoms. The van der Waals surface area contributed by atoms with E-state index in [1.54, 1.807) is 12.1 Å². The van der Waals surface area contributed by atoms with Crippen LogP contribution in [0.15, 0.2) is 24.3 Å². The van der Waals surface area contributed by atoms with Gasteiger partial charge in [-0.1, -0.05) is 32.0 Å². The Morgan fingerprint density at radius 1 is 1.21 bits per heavy atom. The zero-order valence-electron chi connectivity index (χ0n) is 11.7. The first-order valence-electron chi connectivity index (χ1n) is 6.84. The monoisotopic (exact) mass is 266 g/mol. The van der Waals surface area contributed by atoms with Crippen LogP contribution in [0.4, 0.5) is 9.18 Å². The highest BCUT2D eigenvalue weighted by Gasteiger charge is 2.02. The molecule has 0 fully saturated rings. The molecule has 0 aliphatic heterocycles. The molecule has 0 atom stereocenters. The predicted molar refractivity (Wildman–Crippen MR) is 75.6 cm³/mol. The van der Waals surface area contributed by atoms with E-state index in [4.69, 9.17) is 0 Å². The maximum Gasteiger partial charge on any atom is 0.314 e. The minimum absolute atomic E-state index is 0.125. The Morgan fingerprint density at radius 2 is 1.95 bits per heavy atom. The van der Waals surface area contributed by atoms with Crippen molar-refractivity contribution in [3.63, 3.8) is 0 Å². The van der Waals surface area contributed by atoms with Gasteiger partial charge < -0.3 is 10.6 Å². The van der Waals surface area contributed by atoms with Crippen LogP contribution in [0.3, 0.4) is 0 Å². The number of hydrogen-bond acceptors (Lipinski definition) is 1. The van der Waals surface area contributed by atoms with E-state index in [0.717, 1.165) is 18.4 Å². The smallest absolute Gasteiger partial charge is 0.314 e. The second-order valence-electron chi connectivity index (χ2n) is 5.08. The Kier molecular flexibility index (Phi) is 6.93. The number of urea groups is 1. The van der Waals surface area contributed by atoms with Gasteiger partial charge in [-0.05, 0) is 36.8 Å². The number of hydrogen-bond donors (Lipinski definition) is 2. The normalized spacial score (nSPS) is 10.5. The second-order valence-corrected chi connectivity index (χ2v) is 5.08. The van der Waals surface area contributed by atoms with Crippen LogP contribution in [0.1, 0.15) is 32.3 Å². The van der Waals surface area contributed by atoms with Crippen molar-refractivity contribution in [2.24, 2.45) is 5.92 Å². The molecule has 0 aromatic heterocycles. The Hall–Kier alpha value is -1.58. The van der Waals surface area contributed by atoms with E-state index >= 15 is 0 Å². The second kappa shape index (κ2) is 8.51. The summed E-state index contributed by atoms with van der Waals surface area (Å²) in [7, 11) is 0. The molecule has 0 saturated heterocycles. The molecule has 4 heteroatoms. The lowest BCUT2D eigenvalue weighted by molar-refractivity contribution is 0.239. The molecule has 106 valence electrons. The van der Waals surface area contributed by atoms with Gasteiger partial charge in [-0.2, -0.15) is 0 Å². The first-order valence-corrected chi connectivity index (χ1v) is 6.84. The van der Waals surface area contributed by atoms with Gasteiger partial charge in [0, 0.05) is 13.1 Å². The molecule has 19 heavy (non-hydrogen) atoms. The number of benzene rings is 1. The zero-order valence-corrected chi connectivity index (χ0v) is 11.7. The Bertz CT molecular complexity index is 393. The molecule has 1 aromatic carbocycles. The van der Waals surface area contributed by atoms with Gasteiger partial charge in [-0.25, -0.2) is 9.18 Å². The van der Waals surface area contributed by atoms with Crippen molar-refractivity contribution in [3.05, 3.63) is 35.6 Å². The first-order chi connectivity index (χ1) is 9.09. The summed E-state index contributed by atoms with van der Waals surface area (Å²) in [5, 5.41) is 5.58. The van der Waals surface area contributed by atoms with E-state index in [2.05, 4.69) is 24.5 Å². The lowest BCUT2D eigenvalue weighted by Crippen LogP contribution is -2.37. The van der Waals surface area contributed by atoms with E-state index in [1.807, 2.05) is 6.07 Å². The minimum Gasteiger partial charge on any atom is -0.338 e. The molecule has 1 aromatic rings. The molecule has 0 aliphatic carbocycles. The summed E-state index contributed by atoms with van der Waals surface area (Å²) in [6.07, 6.45) is 2.43. The van der Waals surface area contributed by atoms with Crippen molar-refractivity contribution in [2.45, 2.75) is 33.1 Å². The van der Waals surface area contributed by atoms with E-state index in [9.17, 15) is 9.18 Å². The quantitative estimate of drug-likeness (QED) is 0.732. The van der Waals surface area contributed by atoms with E-state index in [0.29, 0.717) is 25.4 Å². The molecule has 0 aliphatic rings. The van der Waals surface area contributed by atoms with Gasteiger partial charge in [0.15, 0.2) is 0 Å². The highest BCUT2D eigenvalue weighted by Crippen LogP contribution is 2.09. The molecule has 1 rings (SSSR count). The zero-order chi connectivity index (χ0) is 14.1. The van der Waals surface area contributed by atoms with E-state index < -0.39 is 0 Å². The van der Waals surface area contributed by atoms with Gasteiger partial charge in [-0.3, -0.25) is 0 Å². The Balaban J connectivity index is 2.08. The van der Waals surface area contributed by atoms with Crippen LogP contribution < -0.4 is 10.6 Å². The lowest BCUT2D eigenvalue weighted by Gasteiger charge is -2.09. The van der Waals surface area contributed by atoms with Crippen molar-refractivity contribution < 1.29 is 9.18 Å². The summed E-state index contributed by atoms with van der Waals surface area (Å²) in [6, 6.07) is 6.69. The average molecular weight is 266 g/mol. The number of unbranched alkanes of at least 4 members (excludes halogenated alkanes) is 1. The van der Waals surface area contributed by atoms with Crippen LogP contribution in [0.25, 0.3) is 0 Å². The maximum atomic E-state index is 13.3. The van der Waals surface area contributed by atoms with Crippen molar-refractivity contribution in [3.8, 4) is 0 Å². The fourth-order valence-electron chi connectivity index (χ4n) is 1.70. The van der Waals surface area contributed by atoms with Gasteiger partial charge in [0.25, 0.3) is 0 Å². The summed E-state index contributed by atoms with van der Waals surface area (Å²) in [5.41, 5.74) is 0.742. The summed E-state index contributed by atoms with van der Waals surface area (Å²) in [6.45, 7) is 5.41. The number of aryl methyl sites for hydroxylation is 1. The SMILES string of the molecule is CC(C)CNC(=O)NCCCCc1ccccc1F. The molecular formula is C15H23FN2O. The molecule has 0 radical (unpaired) electrons. The van der Waals surface area contributed by atoms with Gasteiger partial charge in [0.1, 0.15) is 5.82 Å². The molecule has 3 nitrogen and oxygen atoms in total. The minimum atomic E-state index is -0.148. The highest BCUT2D eigenvalue weighted by atomic mass is 19.1. The van der Waals surface area contributed by atoms with Crippen LogP contribution >= 0.6 is 0 Å². The maximum absolute atomic E-state index is 13.3. The number of nitrogens with one attached hydrogen (secondary N) is 2. The molecule has 0 heterocycles. The van der Waals surface area contributed by atoms with Crippen molar-refractivity contribution in [2.75, 3.05) is 13.1 Å². The summed E-state index contributed by atoms with van der Waals surface area (Å²) >= 11 is 0.